The van der Waals surface area contributed by atoms with Crippen molar-refractivity contribution in [3.05, 3.63) is 36.0 Å². The molecule has 2 heterocycles. The number of hydrogen-bond donors (Lipinski definition) is 1. The minimum Gasteiger partial charge on any atom is -0.497 e. The molecule has 0 aliphatic carbocycles. The first kappa shape index (κ1) is 24.5. The van der Waals surface area contributed by atoms with Crippen molar-refractivity contribution in [1.82, 2.24) is 9.88 Å². The molecule has 1 aliphatic rings. The van der Waals surface area contributed by atoms with Gasteiger partial charge in [-0.1, -0.05) is 13.3 Å². The predicted molar refractivity (Wildman–Crippen MR) is 130 cm³/mol. The minimum absolute atomic E-state index is 0.0306. The third-order valence-electron chi connectivity index (χ3n) is 6.34. The lowest BCUT2D eigenvalue weighted by atomic mass is 9.81. The monoisotopic (exact) mass is 458 g/mol. The number of rotatable bonds is 12. The fourth-order valence-corrected chi connectivity index (χ4v) is 5.47. The van der Waals surface area contributed by atoms with E-state index in [4.69, 9.17) is 4.74 Å². The van der Waals surface area contributed by atoms with Gasteiger partial charge in [-0.25, -0.2) is 0 Å². The number of carbonyl (C=O) groups is 2. The van der Waals surface area contributed by atoms with Crippen molar-refractivity contribution in [2.75, 3.05) is 38.2 Å². The molecule has 0 bridgehead atoms. The summed E-state index contributed by atoms with van der Waals surface area (Å²) in [5, 5.41) is 10.6. The number of benzene rings is 1. The number of piperidine rings is 1. The van der Waals surface area contributed by atoms with Crippen LogP contribution >= 0.6 is 11.8 Å². The van der Waals surface area contributed by atoms with Gasteiger partial charge in [-0.05, 0) is 61.7 Å². The lowest BCUT2D eigenvalue weighted by molar-refractivity contribution is -0.146. The summed E-state index contributed by atoms with van der Waals surface area (Å²) >= 11 is 1.95. The number of ketones is 1. The smallest absolute Gasteiger partial charge is 0.308 e. The van der Waals surface area contributed by atoms with Gasteiger partial charge in [-0.2, -0.15) is 11.8 Å². The maximum atomic E-state index is 13.0. The summed E-state index contributed by atoms with van der Waals surface area (Å²) in [6.07, 6.45) is 5.87. The number of Topliss-reactive ketones (excluding diaryl/α,β-unsaturated/α-hetero) is 1. The van der Waals surface area contributed by atoms with E-state index < -0.39 is 11.9 Å². The number of nitrogens with zero attached hydrogens (tertiary/aromatic N) is 2. The Balaban J connectivity index is 1.58. The molecule has 0 amide bonds. The second kappa shape index (κ2) is 12.2. The fourth-order valence-electron chi connectivity index (χ4n) is 4.39. The predicted octanol–water partition coefficient (Wildman–Crippen LogP) is 4.76. The molecule has 1 aliphatic heterocycles. The molecule has 3 rings (SSSR count). The molecule has 7 heteroatoms. The highest BCUT2D eigenvalue weighted by molar-refractivity contribution is 7.99. The van der Waals surface area contributed by atoms with Gasteiger partial charge in [0.15, 0.2) is 5.78 Å². The number of hydrogen-bond acceptors (Lipinski definition) is 6. The van der Waals surface area contributed by atoms with Crippen LogP contribution in [0.5, 0.6) is 5.75 Å². The number of carboxylic acid groups (broad SMARTS) is 1. The number of pyridine rings is 1. The van der Waals surface area contributed by atoms with Gasteiger partial charge in [0.05, 0.1) is 18.5 Å². The highest BCUT2D eigenvalue weighted by Crippen LogP contribution is 2.30. The Morgan fingerprint density at radius 1 is 1.28 bits per heavy atom. The lowest BCUT2D eigenvalue weighted by Crippen LogP contribution is -2.44. The maximum Gasteiger partial charge on any atom is 0.308 e. The Morgan fingerprint density at radius 2 is 2.12 bits per heavy atom. The van der Waals surface area contributed by atoms with Crippen molar-refractivity contribution in [1.29, 1.82) is 0 Å². The summed E-state index contributed by atoms with van der Waals surface area (Å²) in [5.74, 6) is 1.82. The number of ether oxygens (including phenoxy) is 1. The Bertz CT molecular complexity index is 920. The van der Waals surface area contributed by atoms with Crippen molar-refractivity contribution in [2.45, 2.75) is 39.0 Å². The van der Waals surface area contributed by atoms with E-state index in [0.29, 0.717) is 30.7 Å². The molecule has 1 aromatic carbocycles. The molecule has 1 saturated heterocycles. The molecule has 1 N–H and O–H groups in total. The molecule has 2 aromatic rings. The molecule has 0 saturated carbocycles. The second-order valence-corrected chi connectivity index (χ2v) is 9.69. The Kier molecular flexibility index (Phi) is 9.36. The molecular weight excluding hydrogens is 424 g/mol. The standard InChI is InChI=1S/C25H34N2O4S/c1-3-4-14-32-15-13-27-12-10-18(22(17-27)25(29)30)5-8-24(28)20-9-11-26-23-7-6-19(31-2)16-21(20)23/h6-7,9,11,16,18,22H,3-5,8,10,12-15,17H2,1-2H3,(H,29,30)/t18-,22+/m0/s1. The average Bonchev–Trinajstić information content (AvgIpc) is 2.81. The van der Waals surface area contributed by atoms with E-state index >= 15 is 0 Å². The normalized spacial score (nSPS) is 19.2. The van der Waals surface area contributed by atoms with Crippen LogP contribution in [0, 0.1) is 11.8 Å². The average molecular weight is 459 g/mol. The van der Waals surface area contributed by atoms with Crippen molar-refractivity contribution < 1.29 is 19.4 Å². The van der Waals surface area contributed by atoms with Crippen LogP contribution in [0.4, 0.5) is 0 Å². The van der Waals surface area contributed by atoms with Gasteiger partial charge in [0.1, 0.15) is 5.75 Å². The van der Waals surface area contributed by atoms with Crippen molar-refractivity contribution in [2.24, 2.45) is 11.8 Å². The van der Waals surface area contributed by atoms with Crippen LogP contribution in [0.3, 0.4) is 0 Å². The number of methoxy groups -OCH3 is 1. The number of fused-ring (bicyclic) bond motifs is 1. The minimum atomic E-state index is -0.745. The molecule has 174 valence electrons. The van der Waals surface area contributed by atoms with Gasteiger partial charge in [0, 0.05) is 42.4 Å². The van der Waals surface area contributed by atoms with Gasteiger partial charge in [0.25, 0.3) is 0 Å². The summed E-state index contributed by atoms with van der Waals surface area (Å²) in [6, 6.07) is 7.27. The Hall–Kier alpha value is -2.12. The number of thioether (sulfide) groups is 1. The van der Waals surface area contributed by atoms with E-state index in [0.717, 1.165) is 36.2 Å². The van der Waals surface area contributed by atoms with E-state index in [2.05, 4.69) is 16.8 Å². The van der Waals surface area contributed by atoms with E-state index in [9.17, 15) is 14.7 Å². The fraction of sp³-hybridized carbons (Fsp3) is 0.560. The van der Waals surface area contributed by atoms with Crippen LogP contribution in [0.1, 0.15) is 49.4 Å². The van der Waals surface area contributed by atoms with Crippen LogP contribution in [-0.2, 0) is 4.79 Å². The summed E-state index contributed by atoms with van der Waals surface area (Å²) < 4.78 is 5.30. The van der Waals surface area contributed by atoms with Crippen molar-refractivity contribution in [3.8, 4) is 5.75 Å². The zero-order valence-corrected chi connectivity index (χ0v) is 19.9. The summed E-state index contributed by atoms with van der Waals surface area (Å²) in [4.78, 5) is 31.6. The third kappa shape index (κ3) is 6.45. The van der Waals surface area contributed by atoms with Crippen LogP contribution < -0.4 is 4.74 Å². The van der Waals surface area contributed by atoms with Crippen LogP contribution in [0.15, 0.2) is 30.5 Å². The quantitative estimate of drug-likeness (QED) is 0.363. The molecule has 32 heavy (non-hydrogen) atoms. The molecule has 2 atom stereocenters. The molecule has 0 radical (unpaired) electrons. The third-order valence-corrected chi connectivity index (χ3v) is 7.39. The van der Waals surface area contributed by atoms with Gasteiger partial charge in [-0.3, -0.25) is 14.6 Å². The first-order chi connectivity index (χ1) is 15.5. The van der Waals surface area contributed by atoms with Crippen LogP contribution in [-0.4, -0.2) is 65.0 Å². The molecule has 0 spiro atoms. The van der Waals surface area contributed by atoms with E-state index in [1.165, 1.54) is 18.6 Å². The highest BCUT2D eigenvalue weighted by Gasteiger charge is 2.34. The molecule has 0 unspecified atom stereocenters. The molecule has 1 aromatic heterocycles. The second-order valence-electron chi connectivity index (χ2n) is 8.46. The zero-order valence-electron chi connectivity index (χ0n) is 19.1. The van der Waals surface area contributed by atoms with Crippen molar-refractivity contribution >= 4 is 34.4 Å². The number of carboxylic acids is 1. The SMILES string of the molecule is CCCCSCCN1CC[C@H](CCC(=O)c2ccnc3ccc(OC)cc23)[C@H](C(=O)O)C1. The van der Waals surface area contributed by atoms with Crippen LogP contribution in [0.2, 0.25) is 0 Å². The molecular formula is C25H34N2O4S. The molecule has 1 fully saturated rings. The number of aromatic nitrogens is 1. The highest BCUT2D eigenvalue weighted by atomic mass is 32.2. The van der Waals surface area contributed by atoms with Gasteiger partial charge >= 0.3 is 5.97 Å². The largest absolute Gasteiger partial charge is 0.497 e. The topological polar surface area (TPSA) is 79.7 Å². The number of aliphatic carboxylic acids is 1. The van der Waals surface area contributed by atoms with Crippen molar-refractivity contribution in [3.63, 3.8) is 0 Å². The lowest BCUT2D eigenvalue weighted by Gasteiger charge is -2.36. The summed E-state index contributed by atoms with van der Waals surface area (Å²) in [5.41, 5.74) is 1.38. The van der Waals surface area contributed by atoms with E-state index in [1.54, 1.807) is 19.4 Å². The molecule has 6 nitrogen and oxygen atoms in total. The van der Waals surface area contributed by atoms with Gasteiger partial charge < -0.3 is 14.7 Å². The van der Waals surface area contributed by atoms with Gasteiger partial charge in [-0.15, -0.1) is 0 Å². The summed E-state index contributed by atoms with van der Waals surface area (Å²) in [6.45, 7) is 4.63. The Labute approximate surface area is 194 Å². The first-order valence-electron chi connectivity index (χ1n) is 11.5. The van der Waals surface area contributed by atoms with Gasteiger partial charge in [0.2, 0.25) is 0 Å². The van der Waals surface area contributed by atoms with Crippen LogP contribution in [0.25, 0.3) is 10.9 Å². The first-order valence-corrected chi connectivity index (χ1v) is 12.7. The number of unbranched alkanes of at least 4 members (excludes halogenated alkanes) is 1. The summed E-state index contributed by atoms with van der Waals surface area (Å²) in [7, 11) is 1.60. The van der Waals surface area contributed by atoms with E-state index in [1.807, 2.05) is 30.0 Å². The van der Waals surface area contributed by atoms with E-state index in [-0.39, 0.29) is 11.7 Å². The number of carbonyl (C=O) groups excluding carboxylic acids is 1. The Morgan fingerprint density at radius 3 is 2.88 bits per heavy atom. The number of likely N-dealkylation sites (tertiary alicyclic amines) is 1. The maximum absolute atomic E-state index is 13.0. The zero-order chi connectivity index (χ0) is 22.9.